The van der Waals surface area contributed by atoms with Crippen molar-refractivity contribution in [2.24, 2.45) is 0 Å². The van der Waals surface area contributed by atoms with Crippen LogP contribution in [0.25, 0.3) is 11.0 Å². The summed E-state index contributed by atoms with van der Waals surface area (Å²) in [6.07, 6.45) is 7.99. The number of ether oxygens (including phenoxy) is 1. The van der Waals surface area contributed by atoms with Crippen LogP contribution in [0.4, 0.5) is 0 Å². The number of benzene rings is 1. The third-order valence-corrected chi connectivity index (χ3v) is 4.18. The molecule has 0 unspecified atom stereocenters. The first-order valence-corrected chi connectivity index (χ1v) is 7.60. The highest BCUT2D eigenvalue weighted by atomic mass is 16.5. The van der Waals surface area contributed by atoms with E-state index in [1.807, 2.05) is 18.2 Å². The van der Waals surface area contributed by atoms with E-state index in [2.05, 4.69) is 5.32 Å². The molecular formula is C17H21NO3. The van der Waals surface area contributed by atoms with Crippen LogP contribution in [0.3, 0.4) is 0 Å². The molecule has 1 aliphatic rings. The molecule has 0 spiro atoms. The van der Waals surface area contributed by atoms with E-state index in [0.717, 1.165) is 35.1 Å². The predicted molar refractivity (Wildman–Crippen MR) is 81.5 cm³/mol. The minimum absolute atomic E-state index is 0.0837. The molecule has 0 atom stereocenters. The van der Waals surface area contributed by atoms with Crippen LogP contribution in [-0.4, -0.2) is 19.1 Å². The van der Waals surface area contributed by atoms with Crippen LogP contribution in [0.1, 0.15) is 37.7 Å². The van der Waals surface area contributed by atoms with Gasteiger partial charge in [0.05, 0.1) is 19.8 Å². The monoisotopic (exact) mass is 287 g/mol. The second-order valence-electron chi connectivity index (χ2n) is 5.70. The summed E-state index contributed by atoms with van der Waals surface area (Å²) in [5.74, 6) is 0.843. The van der Waals surface area contributed by atoms with E-state index in [-0.39, 0.29) is 5.91 Å². The Morgan fingerprint density at radius 1 is 1.33 bits per heavy atom. The Bertz CT molecular complexity index is 626. The molecule has 3 rings (SSSR count). The van der Waals surface area contributed by atoms with Gasteiger partial charge in [-0.2, -0.15) is 0 Å². The summed E-state index contributed by atoms with van der Waals surface area (Å²) in [6, 6.07) is 6.03. The van der Waals surface area contributed by atoms with Gasteiger partial charge in [-0.15, -0.1) is 0 Å². The first kappa shape index (κ1) is 14.0. The zero-order valence-corrected chi connectivity index (χ0v) is 12.4. The highest BCUT2D eigenvalue weighted by molar-refractivity contribution is 5.88. The van der Waals surface area contributed by atoms with Crippen molar-refractivity contribution in [3.63, 3.8) is 0 Å². The zero-order valence-electron chi connectivity index (χ0n) is 12.4. The molecule has 112 valence electrons. The molecule has 1 aromatic carbocycles. The van der Waals surface area contributed by atoms with E-state index >= 15 is 0 Å². The molecular weight excluding hydrogens is 266 g/mol. The van der Waals surface area contributed by atoms with Crippen LogP contribution in [0.2, 0.25) is 0 Å². The van der Waals surface area contributed by atoms with Crippen LogP contribution in [0.5, 0.6) is 5.75 Å². The second-order valence-corrected chi connectivity index (χ2v) is 5.70. The zero-order chi connectivity index (χ0) is 14.7. The predicted octanol–water partition coefficient (Wildman–Crippen LogP) is 3.43. The summed E-state index contributed by atoms with van der Waals surface area (Å²) in [7, 11) is 1.63. The molecule has 4 heteroatoms. The van der Waals surface area contributed by atoms with Gasteiger partial charge in [-0.05, 0) is 25.0 Å². The number of rotatable bonds is 4. The van der Waals surface area contributed by atoms with Gasteiger partial charge in [0.25, 0.3) is 0 Å². The molecule has 1 heterocycles. The number of amides is 1. The average Bonchev–Trinajstić information content (AvgIpc) is 2.90. The molecule has 1 aliphatic carbocycles. The van der Waals surface area contributed by atoms with Gasteiger partial charge in [-0.25, -0.2) is 0 Å². The molecule has 0 saturated heterocycles. The van der Waals surface area contributed by atoms with Crippen molar-refractivity contribution < 1.29 is 13.9 Å². The average molecular weight is 287 g/mol. The largest absolute Gasteiger partial charge is 0.497 e. The van der Waals surface area contributed by atoms with Crippen molar-refractivity contribution in [3.8, 4) is 5.75 Å². The maximum atomic E-state index is 12.2. The Labute approximate surface area is 124 Å². The summed E-state index contributed by atoms with van der Waals surface area (Å²) in [6.45, 7) is 0. The topological polar surface area (TPSA) is 51.5 Å². The lowest BCUT2D eigenvalue weighted by Gasteiger charge is -2.22. The maximum Gasteiger partial charge on any atom is 0.224 e. The van der Waals surface area contributed by atoms with E-state index in [4.69, 9.17) is 9.15 Å². The van der Waals surface area contributed by atoms with Crippen LogP contribution >= 0.6 is 0 Å². The molecule has 1 aromatic heterocycles. The minimum Gasteiger partial charge on any atom is -0.497 e. The van der Waals surface area contributed by atoms with Gasteiger partial charge < -0.3 is 14.5 Å². The number of carbonyl (C=O) groups excluding carboxylic acids is 1. The lowest BCUT2D eigenvalue weighted by Crippen LogP contribution is -2.37. The standard InChI is InChI=1S/C17H21NO3/c1-20-14-7-8-15-12(11-21-16(15)10-14)9-17(19)18-13-5-3-2-4-6-13/h7-8,10-11,13H,2-6,9H2,1H3,(H,18,19). The van der Waals surface area contributed by atoms with Crippen LogP contribution in [0, 0.1) is 0 Å². The van der Waals surface area contributed by atoms with Gasteiger partial charge in [0.1, 0.15) is 11.3 Å². The van der Waals surface area contributed by atoms with Crippen molar-refractivity contribution in [1.29, 1.82) is 0 Å². The van der Waals surface area contributed by atoms with Gasteiger partial charge in [0, 0.05) is 23.1 Å². The normalized spacial score (nSPS) is 16.0. The summed E-state index contributed by atoms with van der Waals surface area (Å²) in [5, 5.41) is 4.12. The van der Waals surface area contributed by atoms with Crippen molar-refractivity contribution in [2.45, 2.75) is 44.6 Å². The van der Waals surface area contributed by atoms with E-state index in [0.29, 0.717) is 12.5 Å². The van der Waals surface area contributed by atoms with Gasteiger partial charge >= 0.3 is 0 Å². The summed E-state index contributed by atoms with van der Waals surface area (Å²) >= 11 is 0. The number of hydrogen-bond acceptors (Lipinski definition) is 3. The fraction of sp³-hybridized carbons (Fsp3) is 0.471. The molecule has 0 radical (unpaired) electrons. The number of methoxy groups -OCH3 is 1. The number of furan rings is 1. The van der Waals surface area contributed by atoms with E-state index in [1.54, 1.807) is 13.4 Å². The van der Waals surface area contributed by atoms with Crippen LogP contribution < -0.4 is 10.1 Å². The molecule has 1 saturated carbocycles. The van der Waals surface area contributed by atoms with Crippen LogP contribution in [-0.2, 0) is 11.2 Å². The van der Waals surface area contributed by atoms with E-state index in [9.17, 15) is 4.79 Å². The Kier molecular flexibility index (Phi) is 4.13. The van der Waals surface area contributed by atoms with Gasteiger partial charge in [0.15, 0.2) is 0 Å². The molecule has 2 aromatic rings. The van der Waals surface area contributed by atoms with Crippen molar-refractivity contribution in [1.82, 2.24) is 5.32 Å². The number of nitrogens with one attached hydrogen (secondary N) is 1. The van der Waals surface area contributed by atoms with Gasteiger partial charge in [-0.3, -0.25) is 4.79 Å². The highest BCUT2D eigenvalue weighted by Crippen LogP contribution is 2.26. The number of carbonyl (C=O) groups is 1. The molecule has 1 N–H and O–H groups in total. The Morgan fingerprint density at radius 2 is 2.14 bits per heavy atom. The third kappa shape index (κ3) is 3.20. The van der Waals surface area contributed by atoms with Gasteiger partial charge in [-0.1, -0.05) is 19.3 Å². The smallest absolute Gasteiger partial charge is 0.224 e. The van der Waals surface area contributed by atoms with Gasteiger partial charge in [0.2, 0.25) is 5.91 Å². The third-order valence-electron chi connectivity index (χ3n) is 4.18. The molecule has 4 nitrogen and oxygen atoms in total. The van der Waals surface area contributed by atoms with Crippen LogP contribution in [0.15, 0.2) is 28.9 Å². The van der Waals surface area contributed by atoms with Crippen molar-refractivity contribution >= 4 is 16.9 Å². The van der Waals surface area contributed by atoms with E-state index in [1.165, 1.54) is 19.3 Å². The summed E-state index contributed by atoms with van der Waals surface area (Å²) < 4.78 is 10.7. The Morgan fingerprint density at radius 3 is 2.90 bits per heavy atom. The minimum atomic E-state index is 0.0837. The summed E-state index contributed by atoms with van der Waals surface area (Å²) in [5.41, 5.74) is 1.69. The van der Waals surface area contributed by atoms with Crippen molar-refractivity contribution in [2.75, 3.05) is 7.11 Å². The molecule has 1 fully saturated rings. The molecule has 21 heavy (non-hydrogen) atoms. The highest BCUT2D eigenvalue weighted by Gasteiger charge is 2.17. The molecule has 1 amide bonds. The number of fused-ring (bicyclic) bond motifs is 1. The summed E-state index contributed by atoms with van der Waals surface area (Å²) in [4.78, 5) is 12.2. The Balaban J connectivity index is 1.68. The van der Waals surface area contributed by atoms with E-state index < -0.39 is 0 Å². The lowest BCUT2D eigenvalue weighted by atomic mass is 9.95. The maximum absolute atomic E-state index is 12.2. The lowest BCUT2D eigenvalue weighted by molar-refractivity contribution is -0.121. The number of hydrogen-bond donors (Lipinski definition) is 1. The first-order valence-electron chi connectivity index (χ1n) is 7.60. The Hall–Kier alpha value is -1.97. The first-order chi connectivity index (χ1) is 10.3. The molecule has 0 bridgehead atoms. The SMILES string of the molecule is COc1ccc2c(CC(=O)NC3CCCCC3)coc2c1. The fourth-order valence-electron chi connectivity index (χ4n) is 3.03. The quantitative estimate of drug-likeness (QED) is 0.937. The fourth-order valence-corrected chi connectivity index (χ4v) is 3.03. The second kappa shape index (κ2) is 6.20. The van der Waals surface area contributed by atoms with Crippen molar-refractivity contribution in [3.05, 3.63) is 30.0 Å². The molecule has 0 aliphatic heterocycles.